The first-order chi connectivity index (χ1) is 13.9. The summed E-state index contributed by atoms with van der Waals surface area (Å²) in [7, 11) is 1.73. The number of ether oxygens (including phenoxy) is 1. The molecule has 152 valence electrons. The molecule has 0 aliphatic carbocycles. The fourth-order valence-corrected chi connectivity index (χ4v) is 3.46. The SMILES string of the molecule is Cc1cc(C)cc(OCCN(C)C(=O)CCCN2C(=O)c3ccccc3C2=O)c1. The minimum Gasteiger partial charge on any atom is -0.492 e. The molecule has 1 aliphatic rings. The van der Waals surface area contributed by atoms with Gasteiger partial charge in [0.15, 0.2) is 0 Å². The van der Waals surface area contributed by atoms with E-state index < -0.39 is 0 Å². The van der Waals surface area contributed by atoms with Crippen LogP contribution in [-0.4, -0.2) is 54.3 Å². The second-order valence-corrected chi connectivity index (χ2v) is 7.40. The van der Waals surface area contributed by atoms with Gasteiger partial charge in [-0.15, -0.1) is 0 Å². The molecule has 0 saturated carbocycles. The normalized spacial score (nSPS) is 12.9. The van der Waals surface area contributed by atoms with Crippen molar-refractivity contribution in [3.63, 3.8) is 0 Å². The van der Waals surface area contributed by atoms with Crippen molar-refractivity contribution in [2.24, 2.45) is 0 Å². The molecule has 0 bridgehead atoms. The molecule has 0 saturated heterocycles. The summed E-state index contributed by atoms with van der Waals surface area (Å²) >= 11 is 0. The summed E-state index contributed by atoms with van der Waals surface area (Å²) in [5, 5.41) is 0. The average molecular weight is 394 g/mol. The molecule has 3 rings (SSSR count). The van der Waals surface area contributed by atoms with Crippen LogP contribution in [0.4, 0.5) is 0 Å². The largest absolute Gasteiger partial charge is 0.492 e. The van der Waals surface area contributed by atoms with E-state index in [-0.39, 0.29) is 30.7 Å². The van der Waals surface area contributed by atoms with Crippen LogP contribution in [0.5, 0.6) is 5.75 Å². The fourth-order valence-electron chi connectivity index (χ4n) is 3.46. The highest BCUT2D eigenvalue weighted by molar-refractivity contribution is 6.21. The van der Waals surface area contributed by atoms with Crippen molar-refractivity contribution in [1.29, 1.82) is 0 Å². The monoisotopic (exact) mass is 394 g/mol. The van der Waals surface area contributed by atoms with E-state index in [1.807, 2.05) is 26.0 Å². The summed E-state index contributed by atoms with van der Waals surface area (Å²) in [5.74, 6) is 0.195. The molecule has 1 heterocycles. The summed E-state index contributed by atoms with van der Waals surface area (Å²) in [6.07, 6.45) is 0.708. The predicted molar refractivity (Wildman–Crippen MR) is 110 cm³/mol. The zero-order valence-corrected chi connectivity index (χ0v) is 17.1. The molecule has 1 aliphatic heterocycles. The molecule has 2 aromatic rings. The van der Waals surface area contributed by atoms with Gasteiger partial charge in [0.1, 0.15) is 12.4 Å². The van der Waals surface area contributed by atoms with E-state index in [1.165, 1.54) is 4.90 Å². The van der Waals surface area contributed by atoms with E-state index in [9.17, 15) is 14.4 Å². The Balaban J connectivity index is 1.41. The molecule has 0 spiro atoms. The second kappa shape index (κ2) is 8.90. The highest BCUT2D eigenvalue weighted by Gasteiger charge is 2.34. The first kappa shape index (κ1) is 20.6. The number of aryl methyl sites for hydroxylation is 2. The van der Waals surface area contributed by atoms with Crippen molar-refractivity contribution in [2.75, 3.05) is 26.7 Å². The van der Waals surface area contributed by atoms with Crippen molar-refractivity contribution in [2.45, 2.75) is 26.7 Å². The van der Waals surface area contributed by atoms with Crippen LogP contribution in [0, 0.1) is 13.8 Å². The van der Waals surface area contributed by atoms with Gasteiger partial charge in [-0.25, -0.2) is 0 Å². The zero-order valence-electron chi connectivity index (χ0n) is 17.1. The van der Waals surface area contributed by atoms with Crippen LogP contribution in [0.25, 0.3) is 0 Å². The van der Waals surface area contributed by atoms with Gasteiger partial charge >= 0.3 is 0 Å². The summed E-state index contributed by atoms with van der Waals surface area (Å²) in [4.78, 5) is 39.8. The first-order valence-electron chi connectivity index (χ1n) is 9.77. The van der Waals surface area contributed by atoms with Crippen molar-refractivity contribution < 1.29 is 19.1 Å². The minimum absolute atomic E-state index is 0.0365. The Labute approximate surface area is 171 Å². The van der Waals surface area contributed by atoms with Crippen LogP contribution in [0.2, 0.25) is 0 Å². The standard InChI is InChI=1S/C23H26N2O4/c1-16-13-17(2)15-18(14-16)29-12-11-24(3)21(26)9-6-10-25-22(27)19-7-4-5-8-20(19)23(25)28/h4-5,7-8,13-15H,6,9-12H2,1-3H3. The summed E-state index contributed by atoms with van der Waals surface area (Å²) in [6, 6.07) is 12.8. The Morgan fingerprint density at radius 1 is 1.00 bits per heavy atom. The van der Waals surface area contributed by atoms with E-state index in [0.717, 1.165) is 16.9 Å². The number of hydrogen-bond donors (Lipinski definition) is 0. The molecule has 6 heteroatoms. The maximum atomic E-state index is 12.3. The number of rotatable bonds is 8. The van der Waals surface area contributed by atoms with Crippen LogP contribution in [-0.2, 0) is 4.79 Å². The third kappa shape index (κ3) is 4.83. The van der Waals surface area contributed by atoms with Crippen molar-refractivity contribution in [1.82, 2.24) is 9.80 Å². The number of amides is 3. The molecule has 0 radical (unpaired) electrons. The molecule has 0 aromatic heterocycles. The molecule has 3 amide bonds. The molecule has 29 heavy (non-hydrogen) atoms. The smallest absolute Gasteiger partial charge is 0.261 e. The van der Waals surface area contributed by atoms with Gasteiger partial charge in [-0.2, -0.15) is 0 Å². The van der Waals surface area contributed by atoms with Gasteiger partial charge in [0.2, 0.25) is 5.91 Å². The van der Waals surface area contributed by atoms with Crippen molar-refractivity contribution in [3.05, 3.63) is 64.7 Å². The van der Waals surface area contributed by atoms with Crippen LogP contribution >= 0.6 is 0 Å². The van der Waals surface area contributed by atoms with Gasteiger partial charge in [0.25, 0.3) is 11.8 Å². The Kier molecular flexibility index (Phi) is 6.32. The van der Waals surface area contributed by atoms with Crippen LogP contribution < -0.4 is 4.74 Å². The topological polar surface area (TPSA) is 66.9 Å². The molecular formula is C23H26N2O4. The van der Waals surface area contributed by atoms with Crippen molar-refractivity contribution in [3.8, 4) is 5.75 Å². The van der Waals surface area contributed by atoms with Gasteiger partial charge < -0.3 is 9.64 Å². The van der Waals surface area contributed by atoms with Gasteiger partial charge in [-0.1, -0.05) is 18.2 Å². The lowest BCUT2D eigenvalue weighted by molar-refractivity contribution is -0.130. The number of fused-ring (bicyclic) bond motifs is 1. The van der Waals surface area contributed by atoms with Gasteiger partial charge in [0, 0.05) is 20.0 Å². The minimum atomic E-state index is -0.284. The summed E-state index contributed by atoms with van der Waals surface area (Å²) in [5.41, 5.74) is 3.14. The zero-order chi connectivity index (χ0) is 21.0. The Morgan fingerprint density at radius 2 is 1.59 bits per heavy atom. The van der Waals surface area contributed by atoms with Crippen molar-refractivity contribution >= 4 is 17.7 Å². The number of benzene rings is 2. The van der Waals surface area contributed by atoms with E-state index >= 15 is 0 Å². The number of hydrogen-bond acceptors (Lipinski definition) is 4. The summed E-state index contributed by atoms with van der Waals surface area (Å²) in [6.45, 7) is 5.15. The molecular weight excluding hydrogens is 368 g/mol. The van der Waals surface area contributed by atoms with Gasteiger partial charge in [-0.05, 0) is 55.7 Å². The Bertz CT molecular complexity index is 883. The van der Waals surface area contributed by atoms with Crippen LogP contribution in [0.3, 0.4) is 0 Å². The van der Waals surface area contributed by atoms with E-state index in [2.05, 4.69) is 6.07 Å². The molecule has 6 nitrogen and oxygen atoms in total. The highest BCUT2D eigenvalue weighted by atomic mass is 16.5. The predicted octanol–water partition coefficient (Wildman–Crippen LogP) is 3.22. The maximum Gasteiger partial charge on any atom is 0.261 e. The third-order valence-electron chi connectivity index (χ3n) is 4.97. The lowest BCUT2D eigenvalue weighted by Crippen LogP contribution is -2.33. The summed E-state index contributed by atoms with van der Waals surface area (Å²) < 4.78 is 5.75. The van der Waals surface area contributed by atoms with E-state index in [0.29, 0.717) is 30.7 Å². The van der Waals surface area contributed by atoms with Crippen LogP contribution in [0.1, 0.15) is 44.7 Å². The molecule has 2 aromatic carbocycles. The first-order valence-corrected chi connectivity index (χ1v) is 9.77. The lowest BCUT2D eigenvalue weighted by atomic mass is 10.1. The van der Waals surface area contributed by atoms with Crippen LogP contribution in [0.15, 0.2) is 42.5 Å². The number of carbonyl (C=O) groups is 3. The van der Waals surface area contributed by atoms with E-state index in [1.54, 1.807) is 36.2 Å². The lowest BCUT2D eigenvalue weighted by Gasteiger charge is -2.19. The fraction of sp³-hybridized carbons (Fsp3) is 0.348. The Morgan fingerprint density at radius 3 is 2.17 bits per heavy atom. The number of nitrogens with zero attached hydrogens (tertiary/aromatic N) is 2. The number of imide groups is 1. The van der Waals surface area contributed by atoms with E-state index in [4.69, 9.17) is 4.74 Å². The molecule has 0 atom stereocenters. The third-order valence-corrected chi connectivity index (χ3v) is 4.97. The molecule has 0 unspecified atom stereocenters. The number of likely N-dealkylation sites (N-methyl/N-ethyl adjacent to an activating group) is 1. The Hall–Kier alpha value is -3.15. The molecule has 0 N–H and O–H groups in total. The maximum absolute atomic E-state index is 12.3. The second-order valence-electron chi connectivity index (χ2n) is 7.40. The van der Waals surface area contributed by atoms with Gasteiger partial charge in [-0.3, -0.25) is 19.3 Å². The van der Waals surface area contributed by atoms with Gasteiger partial charge in [0.05, 0.1) is 17.7 Å². The number of carbonyl (C=O) groups excluding carboxylic acids is 3. The molecule has 0 fully saturated rings. The highest BCUT2D eigenvalue weighted by Crippen LogP contribution is 2.22. The average Bonchev–Trinajstić information content (AvgIpc) is 2.92. The quantitative estimate of drug-likeness (QED) is 0.645.